The zero-order valence-corrected chi connectivity index (χ0v) is 16.1. The number of thiocarbonyl (C=S) groups is 1. The lowest BCUT2D eigenvalue weighted by atomic mass is 10.2. The lowest BCUT2D eigenvalue weighted by Gasteiger charge is -2.37. The van der Waals surface area contributed by atoms with Crippen LogP contribution in [0.15, 0.2) is 65.1 Å². The second kappa shape index (κ2) is 7.71. The van der Waals surface area contributed by atoms with E-state index in [9.17, 15) is 4.39 Å². The molecule has 0 unspecified atom stereocenters. The molecule has 4 rings (SSSR count). The van der Waals surface area contributed by atoms with Crippen molar-refractivity contribution in [3.05, 3.63) is 77.3 Å². The molecule has 0 N–H and O–H groups in total. The molecule has 138 valence electrons. The molecular formula is C21H18ClFN2OS. The summed E-state index contributed by atoms with van der Waals surface area (Å²) in [5, 5.41) is 0.745. The van der Waals surface area contributed by atoms with E-state index in [0.717, 1.165) is 42.5 Å². The summed E-state index contributed by atoms with van der Waals surface area (Å²) in [6, 6.07) is 17.9. The Kier molecular flexibility index (Phi) is 5.14. The second-order valence-corrected chi connectivity index (χ2v) is 7.25. The van der Waals surface area contributed by atoms with Crippen LogP contribution in [0.3, 0.4) is 0 Å². The van der Waals surface area contributed by atoms with E-state index in [1.165, 1.54) is 12.1 Å². The maximum Gasteiger partial charge on any atom is 0.162 e. The highest BCUT2D eigenvalue weighted by atomic mass is 35.5. The minimum absolute atomic E-state index is 0.265. The van der Waals surface area contributed by atoms with Gasteiger partial charge < -0.3 is 14.2 Å². The van der Waals surface area contributed by atoms with Gasteiger partial charge in [-0.3, -0.25) is 0 Å². The number of furan rings is 1. The Morgan fingerprint density at radius 2 is 1.70 bits per heavy atom. The van der Waals surface area contributed by atoms with Crippen molar-refractivity contribution in [1.82, 2.24) is 4.90 Å². The summed E-state index contributed by atoms with van der Waals surface area (Å²) < 4.78 is 19.0. The third-order valence-corrected chi connectivity index (χ3v) is 5.38. The van der Waals surface area contributed by atoms with Crippen LogP contribution in [-0.2, 0) is 0 Å². The number of anilines is 1. The molecule has 2 aromatic carbocycles. The van der Waals surface area contributed by atoms with E-state index < -0.39 is 0 Å². The molecule has 0 spiro atoms. The van der Waals surface area contributed by atoms with Crippen LogP contribution >= 0.6 is 23.8 Å². The first-order chi connectivity index (χ1) is 13.1. The summed E-state index contributed by atoms with van der Waals surface area (Å²) >= 11 is 11.7. The van der Waals surface area contributed by atoms with Crippen molar-refractivity contribution in [2.75, 3.05) is 31.1 Å². The Bertz CT molecular complexity index is 949. The molecule has 1 saturated heterocycles. The van der Waals surface area contributed by atoms with Crippen LogP contribution in [0, 0.1) is 5.82 Å². The summed E-state index contributed by atoms with van der Waals surface area (Å²) in [4.78, 5) is 5.16. The molecule has 2 heterocycles. The van der Waals surface area contributed by atoms with Crippen molar-refractivity contribution < 1.29 is 8.81 Å². The molecule has 0 bridgehead atoms. The smallest absolute Gasteiger partial charge is 0.162 e. The molecular weight excluding hydrogens is 383 g/mol. The molecule has 27 heavy (non-hydrogen) atoms. The monoisotopic (exact) mass is 400 g/mol. The zero-order valence-electron chi connectivity index (χ0n) is 14.6. The molecule has 0 atom stereocenters. The van der Waals surface area contributed by atoms with Gasteiger partial charge in [0.2, 0.25) is 0 Å². The first kappa shape index (κ1) is 18.0. The molecule has 1 aliphatic rings. The fourth-order valence-corrected chi connectivity index (χ4v) is 3.70. The fourth-order valence-electron chi connectivity index (χ4n) is 3.22. The van der Waals surface area contributed by atoms with Crippen LogP contribution in [0.25, 0.3) is 11.3 Å². The van der Waals surface area contributed by atoms with Crippen LogP contribution in [0.1, 0.15) is 5.76 Å². The van der Waals surface area contributed by atoms with E-state index in [4.69, 9.17) is 28.2 Å². The fraction of sp³-hybridized carbons (Fsp3) is 0.190. The summed E-state index contributed by atoms with van der Waals surface area (Å²) in [6.45, 7) is 3.37. The standard InChI is InChI=1S/C21H18ClFN2OS/c22-16-2-1-3-18(14-16)24-10-12-25(13-11-24)21(27)20-9-8-19(26-20)15-4-6-17(23)7-5-15/h1-9,14H,10-13H2. The molecule has 3 aromatic rings. The van der Waals surface area contributed by atoms with Gasteiger partial charge in [-0.1, -0.05) is 29.9 Å². The van der Waals surface area contributed by atoms with Gasteiger partial charge in [-0.05, 0) is 54.6 Å². The third kappa shape index (κ3) is 3.99. The predicted octanol–water partition coefficient (Wildman–Crippen LogP) is 5.24. The highest BCUT2D eigenvalue weighted by Crippen LogP contribution is 2.25. The van der Waals surface area contributed by atoms with E-state index in [1.807, 2.05) is 30.3 Å². The SMILES string of the molecule is Fc1ccc(-c2ccc(C(=S)N3CCN(c4cccc(Cl)c4)CC3)o2)cc1. The van der Waals surface area contributed by atoms with Crippen LogP contribution in [0.4, 0.5) is 10.1 Å². The second-order valence-electron chi connectivity index (χ2n) is 6.43. The molecule has 1 fully saturated rings. The number of hydrogen-bond acceptors (Lipinski definition) is 3. The van der Waals surface area contributed by atoms with E-state index >= 15 is 0 Å². The first-order valence-electron chi connectivity index (χ1n) is 8.76. The van der Waals surface area contributed by atoms with Gasteiger partial charge in [-0.2, -0.15) is 0 Å². The Morgan fingerprint density at radius 3 is 2.41 bits per heavy atom. The van der Waals surface area contributed by atoms with Gasteiger partial charge >= 0.3 is 0 Å². The van der Waals surface area contributed by atoms with Gasteiger partial charge in [0, 0.05) is 42.5 Å². The Morgan fingerprint density at radius 1 is 0.963 bits per heavy atom. The molecule has 1 aromatic heterocycles. The molecule has 0 amide bonds. The van der Waals surface area contributed by atoms with Crippen molar-refractivity contribution >= 4 is 34.5 Å². The van der Waals surface area contributed by atoms with Crippen molar-refractivity contribution in [2.45, 2.75) is 0 Å². The number of piperazine rings is 1. The first-order valence-corrected chi connectivity index (χ1v) is 9.54. The summed E-state index contributed by atoms with van der Waals surface area (Å²) in [6.07, 6.45) is 0. The largest absolute Gasteiger partial charge is 0.454 e. The number of halogens is 2. The topological polar surface area (TPSA) is 19.6 Å². The van der Waals surface area contributed by atoms with Crippen molar-refractivity contribution in [3.63, 3.8) is 0 Å². The highest BCUT2D eigenvalue weighted by molar-refractivity contribution is 7.80. The van der Waals surface area contributed by atoms with Gasteiger partial charge in [0.05, 0.1) is 0 Å². The van der Waals surface area contributed by atoms with E-state index in [2.05, 4.69) is 15.9 Å². The molecule has 6 heteroatoms. The molecule has 3 nitrogen and oxygen atoms in total. The van der Waals surface area contributed by atoms with E-state index in [1.54, 1.807) is 12.1 Å². The van der Waals surface area contributed by atoms with Gasteiger partial charge in [0.25, 0.3) is 0 Å². The minimum atomic E-state index is -0.265. The minimum Gasteiger partial charge on any atom is -0.454 e. The molecule has 0 aliphatic carbocycles. The lowest BCUT2D eigenvalue weighted by molar-refractivity contribution is 0.385. The maximum atomic E-state index is 13.1. The zero-order chi connectivity index (χ0) is 18.8. The van der Waals surface area contributed by atoms with Crippen LogP contribution in [0.5, 0.6) is 0 Å². The Hall–Kier alpha value is -2.37. The number of rotatable bonds is 3. The average Bonchev–Trinajstić information content (AvgIpc) is 3.18. The lowest BCUT2D eigenvalue weighted by Crippen LogP contribution is -2.48. The van der Waals surface area contributed by atoms with Gasteiger partial charge in [0.15, 0.2) is 5.76 Å². The quantitative estimate of drug-likeness (QED) is 0.560. The van der Waals surface area contributed by atoms with Crippen LogP contribution < -0.4 is 4.90 Å². The average molecular weight is 401 g/mol. The van der Waals surface area contributed by atoms with Crippen molar-refractivity contribution in [3.8, 4) is 11.3 Å². The van der Waals surface area contributed by atoms with E-state index in [0.29, 0.717) is 16.5 Å². The highest BCUT2D eigenvalue weighted by Gasteiger charge is 2.22. The van der Waals surface area contributed by atoms with Crippen LogP contribution in [-0.4, -0.2) is 36.1 Å². The predicted molar refractivity (Wildman–Crippen MR) is 111 cm³/mol. The number of benzene rings is 2. The molecule has 0 radical (unpaired) electrons. The van der Waals surface area contributed by atoms with Gasteiger partial charge in [0.1, 0.15) is 16.6 Å². The summed E-state index contributed by atoms with van der Waals surface area (Å²) in [5.74, 6) is 1.09. The Labute approximate surface area is 168 Å². The Balaban J connectivity index is 1.42. The van der Waals surface area contributed by atoms with Crippen molar-refractivity contribution in [2.24, 2.45) is 0 Å². The van der Waals surface area contributed by atoms with Crippen molar-refractivity contribution in [1.29, 1.82) is 0 Å². The molecule has 0 saturated carbocycles. The number of hydrogen-bond donors (Lipinski definition) is 0. The van der Waals surface area contributed by atoms with Gasteiger partial charge in [-0.15, -0.1) is 0 Å². The molecule has 1 aliphatic heterocycles. The van der Waals surface area contributed by atoms with Gasteiger partial charge in [-0.25, -0.2) is 4.39 Å². The third-order valence-electron chi connectivity index (χ3n) is 4.69. The summed E-state index contributed by atoms with van der Waals surface area (Å²) in [7, 11) is 0. The number of nitrogens with zero attached hydrogens (tertiary/aromatic N) is 2. The summed E-state index contributed by atoms with van der Waals surface area (Å²) in [5.41, 5.74) is 1.96. The normalized spacial score (nSPS) is 14.4. The maximum absolute atomic E-state index is 13.1. The van der Waals surface area contributed by atoms with Crippen LogP contribution in [0.2, 0.25) is 5.02 Å². The van der Waals surface area contributed by atoms with E-state index in [-0.39, 0.29) is 5.82 Å².